The predicted molar refractivity (Wildman–Crippen MR) is 95.2 cm³/mol. The van der Waals surface area contributed by atoms with Crippen LogP contribution in [0.4, 0.5) is 5.69 Å². The standard InChI is InChI=1S/C18H16BrNO4/c1-22-14-7-13(8-15(9-14)23-2)20-16-10-24-18(21)17(16)11-3-5-12(19)6-4-11/h3-9,20H,10H2,1-2H3. The van der Waals surface area contributed by atoms with Gasteiger partial charge in [-0.1, -0.05) is 28.1 Å². The Kier molecular flexibility index (Phi) is 4.76. The molecule has 0 saturated heterocycles. The monoisotopic (exact) mass is 389 g/mol. The van der Waals surface area contributed by atoms with Gasteiger partial charge in [0.25, 0.3) is 0 Å². The van der Waals surface area contributed by atoms with Crippen molar-refractivity contribution < 1.29 is 19.0 Å². The number of rotatable bonds is 5. The zero-order chi connectivity index (χ0) is 17.1. The average molecular weight is 390 g/mol. The summed E-state index contributed by atoms with van der Waals surface area (Å²) in [7, 11) is 3.18. The second kappa shape index (κ2) is 6.97. The van der Waals surface area contributed by atoms with Crippen LogP contribution in [0.5, 0.6) is 11.5 Å². The lowest BCUT2D eigenvalue weighted by atomic mass is 10.1. The molecule has 3 rings (SSSR count). The summed E-state index contributed by atoms with van der Waals surface area (Å²) in [5.74, 6) is 0.982. The number of ether oxygens (including phenoxy) is 3. The van der Waals surface area contributed by atoms with Crippen molar-refractivity contribution in [2.45, 2.75) is 0 Å². The van der Waals surface area contributed by atoms with Crippen LogP contribution in [0.3, 0.4) is 0 Å². The maximum atomic E-state index is 12.1. The number of anilines is 1. The number of carbonyl (C=O) groups excluding carboxylic acids is 1. The van der Waals surface area contributed by atoms with E-state index in [0.717, 1.165) is 15.7 Å². The summed E-state index contributed by atoms with van der Waals surface area (Å²) in [5.41, 5.74) is 2.80. The maximum absolute atomic E-state index is 12.1. The van der Waals surface area contributed by atoms with Crippen LogP contribution in [0.25, 0.3) is 5.57 Å². The molecule has 0 aromatic heterocycles. The quantitative estimate of drug-likeness (QED) is 0.787. The Morgan fingerprint density at radius 2 is 1.67 bits per heavy atom. The topological polar surface area (TPSA) is 56.8 Å². The fraction of sp³-hybridized carbons (Fsp3) is 0.167. The molecule has 0 atom stereocenters. The number of cyclic esters (lactones) is 1. The molecular weight excluding hydrogens is 374 g/mol. The summed E-state index contributed by atoms with van der Waals surface area (Å²) in [6.45, 7) is 0.198. The van der Waals surface area contributed by atoms with E-state index in [4.69, 9.17) is 14.2 Å². The molecule has 0 fully saturated rings. The van der Waals surface area contributed by atoms with Crippen LogP contribution in [0, 0.1) is 0 Å². The van der Waals surface area contributed by atoms with Gasteiger partial charge in [0.2, 0.25) is 0 Å². The average Bonchev–Trinajstić information content (AvgIpc) is 2.95. The molecule has 0 saturated carbocycles. The number of nitrogens with one attached hydrogen (secondary N) is 1. The molecule has 6 heteroatoms. The van der Waals surface area contributed by atoms with Gasteiger partial charge < -0.3 is 19.5 Å². The SMILES string of the molecule is COc1cc(NC2=C(c3ccc(Br)cc3)C(=O)OC2)cc(OC)c1. The molecule has 0 aliphatic carbocycles. The Bertz CT molecular complexity index is 777. The third-order valence-electron chi connectivity index (χ3n) is 3.63. The number of methoxy groups -OCH3 is 2. The van der Waals surface area contributed by atoms with Crippen LogP contribution in [0.2, 0.25) is 0 Å². The van der Waals surface area contributed by atoms with Crippen LogP contribution in [-0.2, 0) is 9.53 Å². The fourth-order valence-electron chi connectivity index (χ4n) is 2.47. The highest BCUT2D eigenvalue weighted by molar-refractivity contribution is 9.10. The normalized spacial score (nSPS) is 13.7. The van der Waals surface area contributed by atoms with E-state index in [-0.39, 0.29) is 12.6 Å². The van der Waals surface area contributed by atoms with Crippen LogP contribution in [0.15, 0.2) is 52.6 Å². The largest absolute Gasteiger partial charge is 0.497 e. The number of hydrogen-bond acceptors (Lipinski definition) is 5. The maximum Gasteiger partial charge on any atom is 0.341 e. The molecule has 1 heterocycles. The number of esters is 1. The first-order chi connectivity index (χ1) is 11.6. The van der Waals surface area contributed by atoms with Gasteiger partial charge in [0.15, 0.2) is 0 Å². The van der Waals surface area contributed by atoms with Gasteiger partial charge in [-0.3, -0.25) is 0 Å². The van der Waals surface area contributed by atoms with E-state index in [1.807, 2.05) is 36.4 Å². The molecule has 124 valence electrons. The van der Waals surface area contributed by atoms with Gasteiger partial charge >= 0.3 is 5.97 Å². The summed E-state index contributed by atoms with van der Waals surface area (Å²) >= 11 is 3.39. The lowest BCUT2D eigenvalue weighted by molar-refractivity contribution is -0.134. The Morgan fingerprint density at radius 3 is 2.25 bits per heavy atom. The minimum Gasteiger partial charge on any atom is -0.497 e. The minimum atomic E-state index is -0.338. The molecule has 24 heavy (non-hydrogen) atoms. The Balaban J connectivity index is 1.97. The van der Waals surface area contributed by atoms with Crippen molar-refractivity contribution >= 4 is 33.2 Å². The second-order valence-corrected chi connectivity index (χ2v) is 6.08. The summed E-state index contributed by atoms with van der Waals surface area (Å²) in [6, 6.07) is 13.0. The molecule has 2 aromatic rings. The Morgan fingerprint density at radius 1 is 1.04 bits per heavy atom. The second-order valence-electron chi connectivity index (χ2n) is 5.16. The molecule has 0 unspecified atom stereocenters. The highest BCUT2D eigenvalue weighted by Gasteiger charge is 2.26. The van der Waals surface area contributed by atoms with Crippen LogP contribution in [-0.4, -0.2) is 26.8 Å². The van der Waals surface area contributed by atoms with Crippen molar-refractivity contribution in [3.05, 3.63) is 58.2 Å². The van der Waals surface area contributed by atoms with E-state index in [2.05, 4.69) is 21.2 Å². The minimum absolute atomic E-state index is 0.198. The number of carbonyl (C=O) groups is 1. The third kappa shape index (κ3) is 3.38. The predicted octanol–water partition coefficient (Wildman–Crippen LogP) is 3.85. The molecule has 2 aromatic carbocycles. The Labute approximate surface area is 148 Å². The Hall–Kier alpha value is -2.47. The first-order valence-corrected chi connectivity index (χ1v) is 8.06. The highest BCUT2D eigenvalue weighted by Crippen LogP contribution is 2.31. The smallest absolute Gasteiger partial charge is 0.341 e. The number of benzene rings is 2. The molecule has 5 nitrogen and oxygen atoms in total. The molecule has 0 radical (unpaired) electrons. The van der Waals surface area contributed by atoms with Crippen LogP contribution in [0.1, 0.15) is 5.56 Å². The number of hydrogen-bond donors (Lipinski definition) is 1. The van der Waals surface area contributed by atoms with Gasteiger partial charge in [-0.25, -0.2) is 4.79 Å². The molecule has 0 amide bonds. The van der Waals surface area contributed by atoms with Crippen LogP contribution < -0.4 is 14.8 Å². The van der Waals surface area contributed by atoms with Gasteiger partial charge in [-0.2, -0.15) is 0 Å². The molecule has 1 aliphatic rings. The molecular formula is C18H16BrNO4. The zero-order valence-corrected chi connectivity index (χ0v) is 14.8. The van der Waals surface area contributed by atoms with E-state index in [0.29, 0.717) is 22.8 Å². The van der Waals surface area contributed by atoms with E-state index >= 15 is 0 Å². The van der Waals surface area contributed by atoms with Crippen molar-refractivity contribution in [1.82, 2.24) is 0 Å². The van der Waals surface area contributed by atoms with E-state index in [9.17, 15) is 4.79 Å². The highest BCUT2D eigenvalue weighted by atomic mass is 79.9. The molecule has 0 bridgehead atoms. The van der Waals surface area contributed by atoms with Crippen LogP contribution >= 0.6 is 15.9 Å². The molecule has 1 aliphatic heterocycles. The molecule has 0 spiro atoms. The van der Waals surface area contributed by atoms with Crippen molar-refractivity contribution in [1.29, 1.82) is 0 Å². The van der Waals surface area contributed by atoms with Gasteiger partial charge in [-0.15, -0.1) is 0 Å². The third-order valence-corrected chi connectivity index (χ3v) is 4.16. The summed E-state index contributed by atoms with van der Waals surface area (Å²) in [4.78, 5) is 12.1. The lowest BCUT2D eigenvalue weighted by Gasteiger charge is -2.11. The summed E-state index contributed by atoms with van der Waals surface area (Å²) < 4.78 is 16.7. The first kappa shape index (κ1) is 16.4. The lowest BCUT2D eigenvalue weighted by Crippen LogP contribution is -2.04. The molecule has 1 N–H and O–H groups in total. The van der Waals surface area contributed by atoms with Gasteiger partial charge in [-0.05, 0) is 17.7 Å². The fourth-order valence-corrected chi connectivity index (χ4v) is 2.73. The van der Waals surface area contributed by atoms with Crippen molar-refractivity contribution in [3.63, 3.8) is 0 Å². The summed E-state index contributed by atoms with van der Waals surface area (Å²) in [6.07, 6.45) is 0. The van der Waals surface area contributed by atoms with Gasteiger partial charge in [0.1, 0.15) is 18.1 Å². The van der Waals surface area contributed by atoms with E-state index in [1.54, 1.807) is 20.3 Å². The van der Waals surface area contributed by atoms with E-state index in [1.165, 1.54) is 0 Å². The first-order valence-electron chi connectivity index (χ1n) is 7.27. The van der Waals surface area contributed by atoms with Crippen molar-refractivity contribution in [2.24, 2.45) is 0 Å². The van der Waals surface area contributed by atoms with E-state index < -0.39 is 0 Å². The van der Waals surface area contributed by atoms with Gasteiger partial charge in [0.05, 0.1) is 25.5 Å². The summed E-state index contributed by atoms with van der Waals surface area (Å²) in [5, 5.41) is 3.25. The number of halogens is 1. The van der Waals surface area contributed by atoms with Crippen molar-refractivity contribution in [3.8, 4) is 11.5 Å². The van der Waals surface area contributed by atoms with Crippen molar-refractivity contribution in [2.75, 3.05) is 26.1 Å². The zero-order valence-electron chi connectivity index (χ0n) is 13.3. The van der Waals surface area contributed by atoms with Gasteiger partial charge in [0, 0.05) is 28.4 Å².